The molecule has 0 aliphatic carbocycles. The van der Waals surface area contributed by atoms with E-state index in [0.29, 0.717) is 13.1 Å². The molecule has 1 saturated heterocycles. The van der Waals surface area contributed by atoms with E-state index in [4.69, 9.17) is 9.84 Å². The van der Waals surface area contributed by atoms with Gasteiger partial charge < -0.3 is 0 Å². The van der Waals surface area contributed by atoms with Crippen LogP contribution in [-0.2, 0) is 4.79 Å². The van der Waals surface area contributed by atoms with E-state index >= 15 is 0 Å². The molecule has 0 N–H and O–H groups in total. The summed E-state index contributed by atoms with van der Waals surface area (Å²) in [6.45, 7) is 4.86. The molecule has 0 unspecified atom stereocenters. The number of amides is 1. The minimum absolute atomic E-state index is 0.0534. The van der Waals surface area contributed by atoms with Crippen molar-refractivity contribution < 1.29 is 9.53 Å². The number of nitrogens with zero attached hydrogens (tertiary/aromatic N) is 5. The average Bonchev–Trinajstić information content (AvgIpc) is 3.46. The molecule has 32 heavy (non-hydrogen) atoms. The predicted molar refractivity (Wildman–Crippen MR) is 123 cm³/mol. The minimum atomic E-state index is -0.0549. The van der Waals surface area contributed by atoms with Gasteiger partial charge in [-0.3, -0.25) is 0 Å². The second kappa shape index (κ2) is 8.59. The molecule has 1 amide bonds. The summed E-state index contributed by atoms with van der Waals surface area (Å²) in [5.74, 6) is 1.49. The van der Waals surface area contributed by atoms with Gasteiger partial charge in [0.25, 0.3) is 0 Å². The van der Waals surface area contributed by atoms with Gasteiger partial charge in [0.05, 0.1) is 0 Å². The monoisotopic (exact) mass is 485 g/mol. The van der Waals surface area contributed by atoms with Gasteiger partial charge in [-0.05, 0) is 0 Å². The van der Waals surface area contributed by atoms with Crippen molar-refractivity contribution in [2.45, 2.75) is 12.5 Å². The van der Waals surface area contributed by atoms with Gasteiger partial charge in [-0.25, -0.2) is 0 Å². The summed E-state index contributed by atoms with van der Waals surface area (Å²) < 4.78 is 8.66. The van der Waals surface area contributed by atoms with E-state index in [2.05, 4.69) is 33.4 Å². The van der Waals surface area contributed by atoms with Gasteiger partial charge in [-0.2, -0.15) is 0 Å². The zero-order valence-electron chi connectivity index (χ0n) is 17.3. The summed E-state index contributed by atoms with van der Waals surface area (Å²) in [7, 11) is 0. The van der Waals surface area contributed by atoms with Gasteiger partial charge in [0.1, 0.15) is 0 Å². The normalized spacial score (nSPS) is 15.8. The number of carbonyl (C=O) groups excluding carboxylic acids is 1. The van der Waals surface area contributed by atoms with Crippen molar-refractivity contribution in [1.82, 2.24) is 24.6 Å². The molecule has 5 rings (SSSR count). The van der Waals surface area contributed by atoms with Crippen LogP contribution in [0.15, 0.2) is 73.6 Å². The third-order valence-corrected chi connectivity index (χ3v) is 6.28. The van der Waals surface area contributed by atoms with E-state index in [1.165, 1.54) is 6.08 Å². The Morgan fingerprint density at radius 2 is 1.84 bits per heavy atom. The van der Waals surface area contributed by atoms with Gasteiger partial charge in [-0.15, -0.1) is 0 Å². The Morgan fingerprint density at radius 3 is 2.59 bits per heavy atom. The van der Waals surface area contributed by atoms with Gasteiger partial charge in [0, 0.05) is 0 Å². The molecule has 4 aromatic rings. The maximum atomic E-state index is 12.0. The molecular formula is C24H20AsN5O2. The number of hydrogen-bond acceptors (Lipinski definition) is 5. The van der Waals surface area contributed by atoms with Crippen LogP contribution in [0.25, 0.3) is 22.3 Å². The summed E-state index contributed by atoms with van der Waals surface area (Å²) in [4.78, 5) is 22.7. The predicted octanol–water partition coefficient (Wildman–Crippen LogP) is 3.04. The van der Waals surface area contributed by atoms with E-state index in [-0.39, 0.29) is 11.9 Å². The van der Waals surface area contributed by atoms with Crippen molar-refractivity contribution in [2.24, 2.45) is 0 Å². The fourth-order valence-electron chi connectivity index (χ4n) is 3.99. The Hall–Kier alpha value is -3.44. The Labute approximate surface area is 194 Å². The van der Waals surface area contributed by atoms with Crippen LogP contribution in [0.1, 0.15) is 12.5 Å². The molecule has 0 spiro atoms. The van der Waals surface area contributed by atoms with Crippen LogP contribution in [0.3, 0.4) is 0 Å². The van der Waals surface area contributed by atoms with Crippen LogP contribution < -0.4 is 9.22 Å². The van der Waals surface area contributed by atoms with Crippen molar-refractivity contribution in [1.29, 1.82) is 0 Å². The molecule has 2 aromatic carbocycles. The average molecular weight is 485 g/mol. The van der Waals surface area contributed by atoms with Gasteiger partial charge in [0.2, 0.25) is 0 Å². The van der Waals surface area contributed by atoms with E-state index in [9.17, 15) is 4.79 Å². The first-order valence-corrected chi connectivity index (χ1v) is 11.2. The first-order valence-electron chi connectivity index (χ1n) is 10.3. The van der Waals surface area contributed by atoms with Crippen LogP contribution in [0, 0.1) is 0 Å². The van der Waals surface area contributed by atoms with Gasteiger partial charge >= 0.3 is 194 Å². The number of hydrogen-bond donors (Lipinski definition) is 0. The molecule has 1 atom stereocenters. The Bertz CT molecular complexity index is 1290. The Kier molecular flexibility index (Phi) is 5.50. The number of rotatable bonds is 5. The fourth-order valence-corrected chi connectivity index (χ4v) is 4.53. The van der Waals surface area contributed by atoms with Crippen LogP contribution in [0.4, 0.5) is 0 Å². The van der Waals surface area contributed by atoms with Crippen LogP contribution >= 0.6 is 0 Å². The first kappa shape index (κ1) is 20.5. The molecule has 1 aliphatic rings. The van der Waals surface area contributed by atoms with Crippen LogP contribution in [-0.4, -0.2) is 60.5 Å². The molecule has 3 heterocycles. The SMILES string of the molecule is C=CC(=O)N1CC[C@@H](n2nc(-c3ccc(Oc4ccccc4)cc3)c3c([As])ncnc32)C1. The van der Waals surface area contributed by atoms with E-state index in [0.717, 1.165) is 44.7 Å². The molecular weight excluding hydrogens is 465 g/mol. The molecule has 2 aromatic heterocycles. The number of fused-ring (bicyclic) bond motifs is 1. The standard InChI is InChI=1S/C24H20AsN5O2/c1-2-20(31)29-13-12-17(14-29)30-24-21(23(25)26-15-27-24)22(28-30)16-8-10-19(11-9-16)32-18-6-4-3-5-7-18/h2-11,15,17H,1,12-14H2/t17-/m1/s1. The molecule has 1 fully saturated rings. The molecule has 0 bridgehead atoms. The van der Waals surface area contributed by atoms with Crippen LogP contribution in [0.5, 0.6) is 11.5 Å². The number of benzene rings is 2. The second-order valence-corrected chi connectivity index (χ2v) is 8.45. The number of para-hydroxylation sites is 1. The fraction of sp³-hybridized carbons (Fsp3) is 0.167. The molecule has 7 nitrogen and oxygen atoms in total. The molecule has 8 heteroatoms. The van der Waals surface area contributed by atoms with Crippen molar-refractivity contribution >= 4 is 38.3 Å². The number of carbonyl (C=O) groups is 1. The number of likely N-dealkylation sites (tertiary alicyclic amines) is 1. The van der Waals surface area contributed by atoms with E-state index < -0.39 is 0 Å². The number of aromatic nitrogens is 4. The van der Waals surface area contributed by atoms with Crippen molar-refractivity contribution in [3.8, 4) is 22.8 Å². The Morgan fingerprint density at radius 1 is 1.09 bits per heavy atom. The Balaban J connectivity index is 1.49. The zero-order valence-corrected chi connectivity index (χ0v) is 19.1. The van der Waals surface area contributed by atoms with Gasteiger partial charge in [-0.1, -0.05) is 0 Å². The quantitative estimate of drug-likeness (QED) is 0.321. The van der Waals surface area contributed by atoms with Gasteiger partial charge in [0.15, 0.2) is 0 Å². The van der Waals surface area contributed by atoms with Crippen molar-refractivity contribution in [3.63, 3.8) is 0 Å². The van der Waals surface area contributed by atoms with Crippen molar-refractivity contribution in [2.75, 3.05) is 13.1 Å². The summed E-state index contributed by atoms with van der Waals surface area (Å²) in [5.41, 5.74) is 2.54. The summed E-state index contributed by atoms with van der Waals surface area (Å²) in [6, 6.07) is 17.6. The summed E-state index contributed by atoms with van der Waals surface area (Å²) in [6.07, 6.45) is 3.73. The van der Waals surface area contributed by atoms with Crippen molar-refractivity contribution in [3.05, 3.63) is 73.6 Å². The zero-order chi connectivity index (χ0) is 22.1. The third-order valence-electron chi connectivity index (χ3n) is 5.57. The second-order valence-electron chi connectivity index (χ2n) is 7.56. The molecule has 1 aliphatic heterocycles. The van der Waals surface area contributed by atoms with E-state index in [1.807, 2.05) is 59.3 Å². The maximum absolute atomic E-state index is 12.0. The molecule has 0 saturated carbocycles. The first-order chi connectivity index (χ1) is 15.6. The summed E-state index contributed by atoms with van der Waals surface area (Å²) >= 11 is 2.50. The molecule has 2 radical (unpaired) electrons. The molecule has 158 valence electrons. The number of ether oxygens (including phenoxy) is 1. The van der Waals surface area contributed by atoms with Crippen LogP contribution in [0.2, 0.25) is 0 Å². The summed E-state index contributed by atoms with van der Waals surface area (Å²) in [5, 5.41) is 5.84. The van der Waals surface area contributed by atoms with E-state index in [1.54, 1.807) is 11.2 Å². The topological polar surface area (TPSA) is 73.1 Å². The third kappa shape index (κ3) is 3.80.